The summed E-state index contributed by atoms with van der Waals surface area (Å²) in [6.07, 6.45) is 0.165. The summed E-state index contributed by atoms with van der Waals surface area (Å²) in [6, 6.07) is 5.97. The first-order chi connectivity index (χ1) is 12.0. The molecule has 1 aromatic carbocycles. The number of ether oxygens (including phenoxy) is 2. The highest BCUT2D eigenvalue weighted by Crippen LogP contribution is 2.38. The molecule has 0 aliphatic carbocycles. The first kappa shape index (κ1) is 20.9. The van der Waals surface area contributed by atoms with Gasteiger partial charge in [0, 0.05) is 30.5 Å². The van der Waals surface area contributed by atoms with Crippen molar-refractivity contribution in [3.8, 4) is 0 Å². The zero-order chi connectivity index (χ0) is 19.7. The van der Waals surface area contributed by atoms with Gasteiger partial charge in [-0.05, 0) is 59.6 Å². The average molecular weight is 363 g/mol. The molecule has 1 aromatic rings. The van der Waals surface area contributed by atoms with Crippen molar-refractivity contribution in [1.82, 2.24) is 5.06 Å². The van der Waals surface area contributed by atoms with Crippen LogP contribution in [0.1, 0.15) is 70.3 Å². The van der Waals surface area contributed by atoms with Crippen LogP contribution in [0.5, 0.6) is 0 Å². The van der Waals surface area contributed by atoms with Gasteiger partial charge in [-0.1, -0.05) is 23.8 Å². The molecule has 1 unspecified atom stereocenters. The van der Waals surface area contributed by atoms with Crippen LogP contribution in [-0.2, 0) is 14.3 Å². The summed E-state index contributed by atoms with van der Waals surface area (Å²) < 4.78 is 11.6. The van der Waals surface area contributed by atoms with Gasteiger partial charge in [-0.2, -0.15) is 5.06 Å². The minimum Gasteiger partial charge on any atom is -0.460 e. The van der Waals surface area contributed by atoms with Crippen molar-refractivity contribution < 1.29 is 19.5 Å². The molecule has 1 heterocycles. The summed E-state index contributed by atoms with van der Waals surface area (Å²) in [5, 5.41) is 11.8. The van der Waals surface area contributed by atoms with Crippen molar-refractivity contribution in [3.05, 3.63) is 34.9 Å². The summed E-state index contributed by atoms with van der Waals surface area (Å²) in [4.78, 5) is 12.9. The molecule has 1 aliphatic heterocycles. The second kappa shape index (κ2) is 7.67. The highest BCUT2D eigenvalue weighted by molar-refractivity contribution is 5.77. The SMILES string of the molecule is CCOC(C(=O)OC1CC(C)(C)N(O)C(C)(C)C1)c1ccc(C)cc1C. The van der Waals surface area contributed by atoms with Gasteiger partial charge in [0.05, 0.1) is 0 Å². The fourth-order valence-corrected chi connectivity index (χ4v) is 4.06. The molecule has 146 valence electrons. The Morgan fingerprint density at radius 1 is 1.23 bits per heavy atom. The van der Waals surface area contributed by atoms with Crippen molar-refractivity contribution in [2.45, 2.75) is 84.6 Å². The largest absolute Gasteiger partial charge is 0.460 e. The molecular formula is C21H33NO4. The zero-order valence-corrected chi connectivity index (χ0v) is 17.1. The Morgan fingerprint density at radius 3 is 2.31 bits per heavy atom. The summed E-state index contributed by atoms with van der Waals surface area (Å²) in [6.45, 7) is 14.1. The first-order valence-electron chi connectivity index (χ1n) is 9.36. The van der Waals surface area contributed by atoms with E-state index in [9.17, 15) is 10.0 Å². The predicted octanol–water partition coefficient (Wildman–Crippen LogP) is 4.34. The first-order valence-corrected chi connectivity index (χ1v) is 9.36. The highest BCUT2D eigenvalue weighted by atomic mass is 16.6. The number of esters is 1. The normalized spacial score (nSPS) is 21.4. The van der Waals surface area contributed by atoms with Gasteiger partial charge in [0.25, 0.3) is 0 Å². The minimum atomic E-state index is -0.723. The van der Waals surface area contributed by atoms with Crippen LogP contribution >= 0.6 is 0 Å². The minimum absolute atomic E-state index is 0.260. The number of hydrogen-bond acceptors (Lipinski definition) is 5. The van der Waals surface area contributed by atoms with Crippen LogP contribution in [0.2, 0.25) is 0 Å². The lowest BCUT2D eigenvalue weighted by atomic mass is 9.80. The van der Waals surface area contributed by atoms with E-state index in [-0.39, 0.29) is 12.1 Å². The van der Waals surface area contributed by atoms with E-state index in [4.69, 9.17) is 9.47 Å². The van der Waals surface area contributed by atoms with Crippen LogP contribution < -0.4 is 0 Å². The van der Waals surface area contributed by atoms with Gasteiger partial charge in [0.1, 0.15) is 6.10 Å². The predicted molar refractivity (Wildman–Crippen MR) is 101 cm³/mol. The molecule has 0 bridgehead atoms. The molecule has 1 fully saturated rings. The van der Waals surface area contributed by atoms with E-state index in [0.717, 1.165) is 16.7 Å². The van der Waals surface area contributed by atoms with Gasteiger partial charge in [-0.3, -0.25) is 0 Å². The Kier molecular flexibility index (Phi) is 6.16. The number of benzene rings is 1. The van der Waals surface area contributed by atoms with Crippen LogP contribution in [0.25, 0.3) is 0 Å². The number of nitrogens with zero attached hydrogens (tertiary/aromatic N) is 1. The van der Waals surface area contributed by atoms with E-state index in [1.807, 2.05) is 66.7 Å². The monoisotopic (exact) mass is 363 g/mol. The Bertz CT molecular complexity index is 635. The maximum absolute atomic E-state index is 12.9. The molecule has 1 aliphatic rings. The van der Waals surface area contributed by atoms with Crippen LogP contribution in [0.4, 0.5) is 0 Å². The Hall–Kier alpha value is -1.43. The van der Waals surface area contributed by atoms with Gasteiger partial charge < -0.3 is 14.7 Å². The number of hydrogen-bond donors (Lipinski definition) is 1. The number of hydroxylamine groups is 2. The molecule has 2 rings (SSSR count). The molecule has 0 amide bonds. The van der Waals surface area contributed by atoms with E-state index in [2.05, 4.69) is 0 Å². The molecule has 0 radical (unpaired) electrons. The van der Waals surface area contributed by atoms with Crippen LogP contribution in [0.15, 0.2) is 18.2 Å². The molecule has 5 nitrogen and oxygen atoms in total. The molecule has 0 spiro atoms. The maximum atomic E-state index is 12.9. The van der Waals surface area contributed by atoms with Gasteiger partial charge in [0.15, 0.2) is 6.10 Å². The summed E-state index contributed by atoms with van der Waals surface area (Å²) in [5.41, 5.74) is 2.08. The van der Waals surface area contributed by atoms with Crippen LogP contribution in [-0.4, -0.2) is 40.0 Å². The maximum Gasteiger partial charge on any atom is 0.340 e. The van der Waals surface area contributed by atoms with Gasteiger partial charge in [-0.15, -0.1) is 0 Å². The summed E-state index contributed by atoms with van der Waals surface area (Å²) in [5.74, 6) is -0.359. The van der Waals surface area contributed by atoms with Gasteiger partial charge >= 0.3 is 5.97 Å². The van der Waals surface area contributed by atoms with E-state index in [1.54, 1.807) is 0 Å². The topological polar surface area (TPSA) is 59.0 Å². The Morgan fingerprint density at radius 2 is 1.81 bits per heavy atom. The fraction of sp³-hybridized carbons (Fsp3) is 0.667. The summed E-state index contributed by atoms with van der Waals surface area (Å²) in [7, 11) is 0. The lowest BCUT2D eigenvalue weighted by Gasteiger charge is -2.51. The standard InChI is InChI=1S/C21H33NO4/c1-8-25-18(17-10-9-14(2)11-15(17)3)19(23)26-16-12-20(4,5)22(24)21(6,7)13-16/h9-11,16,18,24H,8,12-13H2,1-7H3. The molecule has 1 N–H and O–H groups in total. The quantitative estimate of drug-likeness (QED) is 0.789. The molecular weight excluding hydrogens is 330 g/mol. The van der Waals surface area contributed by atoms with Crippen molar-refractivity contribution in [3.63, 3.8) is 0 Å². The lowest BCUT2D eigenvalue weighted by Crippen LogP contribution is -2.60. The third-order valence-electron chi connectivity index (χ3n) is 5.14. The van der Waals surface area contributed by atoms with Gasteiger partial charge in [0.2, 0.25) is 0 Å². The van der Waals surface area contributed by atoms with E-state index >= 15 is 0 Å². The number of rotatable bonds is 5. The molecule has 5 heteroatoms. The van der Waals surface area contributed by atoms with Crippen molar-refractivity contribution in [2.24, 2.45) is 0 Å². The molecule has 26 heavy (non-hydrogen) atoms. The van der Waals surface area contributed by atoms with Crippen molar-refractivity contribution in [2.75, 3.05) is 6.61 Å². The number of aryl methyl sites for hydroxylation is 2. The fourth-order valence-electron chi connectivity index (χ4n) is 4.06. The molecule has 1 atom stereocenters. The molecule has 0 aromatic heterocycles. The molecule has 1 saturated heterocycles. The number of piperidine rings is 1. The number of carbonyl (C=O) groups excluding carboxylic acids is 1. The smallest absolute Gasteiger partial charge is 0.340 e. The van der Waals surface area contributed by atoms with Crippen LogP contribution in [0.3, 0.4) is 0 Å². The Labute approximate surface area is 157 Å². The van der Waals surface area contributed by atoms with Gasteiger partial charge in [-0.25, -0.2) is 4.79 Å². The van der Waals surface area contributed by atoms with E-state index in [1.165, 1.54) is 5.06 Å². The third kappa shape index (κ3) is 4.45. The van der Waals surface area contributed by atoms with Crippen LogP contribution in [0, 0.1) is 13.8 Å². The van der Waals surface area contributed by atoms with Crippen molar-refractivity contribution in [1.29, 1.82) is 0 Å². The summed E-state index contributed by atoms with van der Waals surface area (Å²) >= 11 is 0. The third-order valence-corrected chi connectivity index (χ3v) is 5.14. The average Bonchev–Trinajstić information content (AvgIpc) is 2.50. The highest BCUT2D eigenvalue weighted by Gasteiger charge is 2.46. The van der Waals surface area contributed by atoms with Crippen molar-refractivity contribution >= 4 is 5.97 Å². The molecule has 0 saturated carbocycles. The number of carbonyl (C=O) groups is 1. The van der Waals surface area contributed by atoms with E-state index < -0.39 is 17.2 Å². The Balaban J connectivity index is 2.20. The lowest BCUT2D eigenvalue weighted by molar-refractivity contribution is -0.260. The second-order valence-electron chi connectivity index (χ2n) is 8.60. The van der Waals surface area contributed by atoms with E-state index in [0.29, 0.717) is 19.4 Å². The zero-order valence-electron chi connectivity index (χ0n) is 17.1. The second-order valence-corrected chi connectivity index (χ2v) is 8.60.